The molecule has 0 radical (unpaired) electrons. The minimum absolute atomic E-state index is 0.0185. The molecule has 1 unspecified atom stereocenters. The Morgan fingerprint density at radius 3 is 2.50 bits per heavy atom. The van der Waals surface area contributed by atoms with E-state index in [2.05, 4.69) is 25.3 Å². The van der Waals surface area contributed by atoms with Crippen LogP contribution in [0.15, 0.2) is 42.5 Å². The summed E-state index contributed by atoms with van der Waals surface area (Å²) in [5, 5.41) is 13.0. The number of thiazole rings is 1. The molecule has 12 heteroatoms. The molecule has 5 rings (SSSR count). The summed E-state index contributed by atoms with van der Waals surface area (Å²) in [7, 11) is 1.54. The van der Waals surface area contributed by atoms with Crippen molar-refractivity contribution in [1.29, 1.82) is 0 Å². The van der Waals surface area contributed by atoms with E-state index in [9.17, 15) is 9.50 Å². The van der Waals surface area contributed by atoms with E-state index in [0.29, 0.717) is 46.4 Å². The van der Waals surface area contributed by atoms with Crippen LogP contribution in [-0.4, -0.2) is 60.1 Å². The second-order valence-electron chi connectivity index (χ2n) is 8.52. The van der Waals surface area contributed by atoms with Gasteiger partial charge in [0.2, 0.25) is 0 Å². The molecule has 1 aromatic carbocycles. The van der Waals surface area contributed by atoms with E-state index >= 15 is 8.78 Å². The van der Waals surface area contributed by atoms with Crippen LogP contribution in [-0.2, 0) is 5.92 Å². The van der Waals surface area contributed by atoms with E-state index in [-0.39, 0.29) is 23.7 Å². The molecule has 0 amide bonds. The van der Waals surface area contributed by atoms with Gasteiger partial charge in [0.15, 0.2) is 0 Å². The fourth-order valence-corrected chi connectivity index (χ4v) is 7.84. The molecule has 3 heterocycles. The van der Waals surface area contributed by atoms with E-state index in [0.717, 1.165) is 28.1 Å². The van der Waals surface area contributed by atoms with Gasteiger partial charge in [0.1, 0.15) is 0 Å². The molecule has 0 aliphatic heterocycles. The number of anilines is 1. The third-order valence-corrected chi connectivity index (χ3v) is 9.67. The summed E-state index contributed by atoms with van der Waals surface area (Å²) in [5.41, 5.74) is -0.0942. The molecule has 3 aromatic heterocycles. The van der Waals surface area contributed by atoms with E-state index in [4.69, 9.17) is 4.74 Å². The van der Waals surface area contributed by atoms with Crippen molar-refractivity contribution >= 4 is 51.7 Å². The summed E-state index contributed by atoms with van der Waals surface area (Å²) >= 11 is 0.202. The van der Waals surface area contributed by atoms with Crippen LogP contribution in [0.25, 0.3) is 10.3 Å². The van der Waals surface area contributed by atoms with E-state index < -0.39 is 33.2 Å². The number of hydrogen-bond acceptors (Lipinski definition) is 8. The van der Waals surface area contributed by atoms with E-state index in [1.165, 1.54) is 24.5 Å². The van der Waals surface area contributed by atoms with Crippen LogP contribution >= 0.6 is 11.3 Å². The first-order valence-corrected chi connectivity index (χ1v) is 14.3. The summed E-state index contributed by atoms with van der Waals surface area (Å²) in [6.45, 7) is 0. The number of alkyl halides is 2. The van der Waals surface area contributed by atoms with Crippen LogP contribution in [0, 0.1) is 5.82 Å². The predicted octanol–water partition coefficient (Wildman–Crippen LogP) is 2.87. The van der Waals surface area contributed by atoms with Gasteiger partial charge >= 0.3 is 216 Å². The number of aliphatic hydroxyl groups is 1. The van der Waals surface area contributed by atoms with Crippen molar-refractivity contribution in [2.45, 2.75) is 43.8 Å². The van der Waals surface area contributed by atoms with Crippen LogP contribution in [0.4, 0.5) is 19.1 Å². The first kappa shape index (κ1) is 24.9. The first-order valence-electron chi connectivity index (χ1n) is 11.4. The van der Waals surface area contributed by atoms with Gasteiger partial charge in [-0.2, -0.15) is 0 Å². The average molecular weight is 577 g/mol. The number of methoxy groups -OCH3 is 1. The van der Waals surface area contributed by atoms with Gasteiger partial charge in [-0.05, 0) is 0 Å². The molecule has 188 valence electrons. The van der Waals surface area contributed by atoms with E-state index in [1.54, 1.807) is 6.07 Å². The van der Waals surface area contributed by atoms with Gasteiger partial charge in [-0.3, -0.25) is 0 Å². The van der Waals surface area contributed by atoms with E-state index in [1.807, 2.05) is 6.07 Å². The minimum atomic E-state index is -3.45. The van der Waals surface area contributed by atoms with Crippen molar-refractivity contribution in [2.75, 3.05) is 12.4 Å². The predicted molar refractivity (Wildman–Crippen MR) is 134 cm³/mol. The third-order valence-electron chi connectivity index (χ3n) is 5.96. The molecular weight excluding hydrogens is 554 g/mol. The Balaban J connectivity index is 1.49. The molecule has 1 fully saturated rings. The number of nitrogens with zero attached hydrogens (tertiary/aromatic N) is 4. The molecule has 1 saturated carbocycles. The average Bonchev–Trinajstić information content (AvgIpc) is 3.27. The molecule has 36 heavy (non-hydrogen) atoms. The van der Waals surface area contributed by atoms with Gasteiger partial charge in [0.25, 0.3) is 0 Å². The zero-order valence-corrected chi connectivity index (χ0v) is 22.1. The molecule has 1 aliphatic rings. The molecule has 0 saturated heterocycles. The molecular formula is C24H23AsF3N5O2S. The molecule has 7 nitrogen and oxygen atoms in total. The molecule has 2 N–H and O–H groups in total. The standard InChI is InChI=1S/C24H23AsF3N5O2S/c1-35-20-11-10-17-21(33-20)36-22(30-17)25-19-12-18(24(27,28)13-2-4-14(26)5-3-13)31-23(32-19)29-15-6-8-16(34)9-7-15/h2-5,10-12,15-16,25,34H,6-9H2,1H3,(H,29,31,32). The van der Waals surface area contributed by atoms with Crippen LogP contribution in [0.1, 0.15) is 36.9 Å². The van der Waals surface area contributed by atoms with Crippen LogP contribution < -0.4 is 18.3 Å². The van der Waals surface area contributed by atoms with Gasteiger partial charge in [-0.15, -0.1) is 0 Å². The summed E-state index contributed by atoms with van der Waals surface area (Å²) < 4.78 is 50.8. The number of aliphatic hydroxyl groups excluding tert-OH is 1. The SMILES string of the molecule is COc1ccc2nc([AsH]c3cc(C(F)(F)c4ccc(F)cc4)nc(NC4CCC(O)CC4)n3)sc2n1. The summed E-state index contributed by atoms with van der Waals surface area (Å²) in [6.07, 6.45) is 2.31. The van der Waals surface area contributed by atoms with Gasteiger partial charge in [0, 0.05) is 0 Å². The Bertz CT molecular complexity index is 1360. The summed E-state index contributed by atoms with van der Waals surface area (Å²) in [6, 6.07) is 8.98. The Morgan fingerprint density at radius 2 is 1.78 bits per heavy atom. The number of rotatable bonds is 7. The van der Waals surface area contributed by atoms with Gasteiger partial charge in [-0.25, -0.2) is 0 Å². The number of hydrogen-bond donors (Lipinski definition) is 2. The van der Waals surface area contributed by atoms with Crippen LogP contribution in [0.3, 0.4) is 0 Å². The van der Waals surface area contributed by atoms with Gasteiger partial charge in [0.05, 0.1) is 0 Å². The Hall–Kier alpha value is -2.75. The van der Waals surface area contributed by atoms with Crippen molar-refractivity contribution in [3.63, 3.8) is 0 Å². The zero-order chi connectivity index (χ0) is 25.3. The summed E-state index contributed by atoms with van der Waals surface area (Å²) in [5.74, 6) is -3.44. The molecule has 0 bridgehead atoms. The van der Waals surface area contributed by atoms with Crippen molar-refractivity contribution < 1.29 is 23.0 Å². The number of halogens is 3. The number of aromatic nitrogens is 4. The first-order chi connectivity index (χ1) is 17.3. The van der Waals surface area contributed by atoms with Crippen LogP contribution in [0.2, 0.25) is 0 Å². The Labute approximate surface area is 215 Å². The third kappa shape index (κ3) is 5.48. The molecule has 1 aliphatic carbocycles. The zero-order valence-electron chi connectivity index (χ0n) is 19.2. The quantitative estimate of drug-likeness (QED) is 0.327. The Kier molecular flexibility index (Phi) is 7.14. The second-order valence-corrected chi connectivity index (χ2v) is 12.8. The monoisotopic (exact) mass is 577 g/mol. The topological polar surface area (TPSA) is 93.1 Å². The number of ether oxygens (including phenoxy) is 1. The van der Waals surface area contributed by atoms with Crippen LogP contribution in [0.5, 0.6) is 5.88 Å². The number of pyridine rings is 1. The number of nitrogens with one attached hydrogen (secondary N) is 1. The fraction of sp³-hybridized carbons (Fsp3) is 0.333. The second kappa shape index (κ2) is 10.3. The normalized spacial score (nSPS) is 18.7. The molecule has 0 spiro atoms. The number of benzene rings is 1. The Morgan fingerprint density at radius 1 is 1.03 bits per heavy atom. The number of fused-ring (bicyclic) bond motifs is 1. The van der Waals surface area contributed by atoms with Gasteiger partial charge in [-0.1, -0.05) is 0 Å². The van der Waals surface area contributed by atoms with Crippen molar-refractivity contribution in [3.8, 4) is 5.88 Å². The van der Waals surface area contributed by atoms with Crippen molar-refractivity contribution in [2.24, 2.45) is 0 Å². The van der Waals surface area contributed by atoms with Crippen molar-refractivity contribution in [1.82, 2.24) is 19.9 Å². The molecule has 4 aromatic rings. The molecule has 1 atom stereocenters. The maximum absolute atomic E-state index is 15.5. The fourth-order valence-electron chi connectivity index (χ4n) is 4.02. The van der Waals surface area contributed by atoms with Crippen molar-refractivity contribution in [3.05, 3.63) is 59.5 Å². The maximum atomic E-state index is 15.5. The van der Waals surface area contributed by atoms with Gasteiger partial charge < -0.3 is 0 Å². The summed E-state index contributed by atoms with van der Waals surface area (Å²) in [4.78, 5) is 18.5.